The van der Waals surface area contributed by atoms with E-state index >= 15 is 0 Å². The Kier molecular flexibility index (Phi) is 5.35. The number of alkyl carbamates (subject to hydrolysis) is 1. The summed E-state index contributed by atoms with van der Waals surface area (Å²) in [7, 11) is 1.27. The van der Waals surface area contributed by atoms with Gasteiger partial charge in [-0.1, -0.05) is 0 Å². The van der Waals surface area contributed by atoms with Crippen LogP contribution in [0.2, 0.25) is 0 Å². The molecule has 114 valence electrons. The van der Waals surface area contributed by atoms with Crippen molar-refractivity contribution in [2.45, 2.75) is 45.3 Å². The smallest absolute Gasteiger partial charge is 0.408 e. The molecule has 0 aromatic heterocycles. The molecule has 0 bridgehead atoms. The van der Waals surface area contributed by atoms with Gasteiger partial charge >= 0.3 is 12.1 Å². The van der Waals surface area contributed by atoms with Gasteiger partial charge in [-0.05, 0) is 33.6 Å². The molecule has 7 heteroatoms. The fourth-order valence-electron chi connectivity index (χ4n) is 1.90. The number of carbonyl (C=O) groups is 3. The van der Waals surface area contributed by atoms with Gasteiger partial charge in [0.2, 0.25) is 5.91 Å². The van der Waals surface area contributed by atoms with E-state index in [9.17, 15) is 14.4 Å². The molecule has 0 aromatic carbocycles. The van der Waals surface area contributed by atoms with Gasteiger partial charge in [0, 0.05) is 6.54 Å². The average molecular weight is 286 g/mol. The lowest BCUT2D eigenvalue weighted by molar-refractivity contribution is -0.149. The summed E-state index contributed by atoms with van der Waals surface area (Å²) in [6.07, 6.45) is 0.620. The van der Waals surface area contributed by atoms with Gasteiger partial charge in [-0.15, -0.1) is 0 Å². The fourth-order valence-corrected chi connectivity index (χ4v) is 1.90. The standard InChI is InChI=1S/C13H22N2O5/c1-13(2,3)20-12(18)14-9-6-5-7-15(11(9)17)8-10(16)19-4/h9H,5-8H2,1-4H3,(H,14,18). The molecule has 20 heavy (non-hydrogen) atoms. The van der Waals surface area contributed by atoms with Gasteiger partial charge in [0.1, 0.15) is 18.2 Å². The van der Waals surface area contributed by atoms with E-state index in [0.29, 0.717) is 19.4 Å². The predicted octanol–water partition coefficient (Wildman–Crippen LogP) is 0.675. The first-order valence-electron chi connectivity index (χ1n) is 6.58. The highest BCUT2D eigenvalue weighted by Crippen LogP contribution is 2.13. The molecule has 1 fully saturated rings. The van der Waals surface area contributed by atoms with Crippen molar-refractivity contribution >= 4 is 18.0 Å². The Labute approximate surface area is 118 Å². The van der Waals surface area contributed by atoms with Crippen LogP contribution in [0.25, 0.3) is 0 Å². The topological polar surface area (TPSA) is 84.9 Å². The zero-order chi connectivity index (χ0) is 15.3. The molecule has 0 aliphatic carbocycles. The van der Waals surface area contributed by atoms with Crippen molar-refractivity contribution < 1.29 is 23.9 Å². The summed E-state index contributed by atoms with van der Waals surface area (Å²) in [6.45, 7) is 5.64. The van der Waals surface area contributed by atoms with Crippen molar-refractivity contribution in [2.24, 2.45) is 0 Å². The number of rotatable bonds is 3. The summed E-state index contributed by atoms with van der Waals surface area (Å²) < 4.78 is 9.65. The number of carbonyl (C=O) groups excluding carboxylic acids is 3. The van der Waals surface area contributed by atoms with Gasteiger partial charge in [0.05, 0.1) is 7.11 Å². The molecule has 7 nitrogen and oxygen atoms in total. The van der Waals surface area contributed by atoms with E-state index in [1.807, 2.05) is 0 Å². The minimum Gasteiger partial charge on any atom is -0.468 e. The van der Waals surface area contributed by atoms with Crippen LogP contribution >= 0.6 is 0 Å². The van der Waals surface area contributed by atoms with Crippen molar-refractivity contribution in [3.63, 3.8) is 0 Å². The minimum atomic E-state index is -0.650. The van der Waals surface area contributed by atoms with Crippen LogP contribution in [0.15, 0.2) is 0 Å². The van der Waals surface area contributed by atoms with E-state index in [0.717, 1.165) is 0 Å². The van der Waals surface area contributed by atoms with Crippen LogP contribution in [0.5, 0.6) is 0 Å². The van der Waals surface area contributed by atoms with Crippen LogP contribution in [-0.2, 0) is 19.1 Å². The van der Waals surface area contributed by atoms with Crippen molar-refractivity contribution in [3.8, 4) is 0 Å². The molecule has 1 heterocycles. The van der Waals surface area contributed by atoms with E-state index in [-0.39, 0.29) is 12.5 Å². The molecule has 1 saturated heterocycles. The number of likely N-dealkylation sites (tertiary alicyclic amines) is 1. The monoisotopic (exact) mass is 286 g/mol. The van der Waals surface area contributed by atoms with Gasteiger partial charge in [-0.25, -0.2) is 4.79 Å². The number of hydrogen-bond donors (Lipinski definition) is 1. The average Bonchev–Trinajstić information content (AvgIpc) is 2.31. The third kappa shape index (κ3) is 5.07. The van der Waals surface area contributed by atoms with Crippen LogP contribution < -0.4 is 5.32 Å². The highest BCUT2D eigenvalue weighted by atomic mass is 16.6. The third-order valence-electron chi connectivity index (χ3n) is 2.77. The summed E-state index contributed by atoms with van der Waals surface area (Å²) in [5, 5.41) is 2.54. The maximum absolute atomic E-state index is 12.1. The molecule has 1 atom stereocenters. The Morgan fingerprint density at radius 2 is 2.05 bits per heavy atom. The molecule has 1 N–H and O–H groups in total. The number of hydrogen-bond acceptors (Lipinski definition) is 5. The number of methoxy groups -OCH3 is 1. The molecular formula is C13H22N2O5. The van der Waals surface area contributed by atoms with Gasteiger partial charge in [-0.3, -0.25) is 9.59 Å². The Morgan fingerprint density at radius 3 is 2.60 bits per heavy atom. The lowest BCUT2D eigenvalue weighted by Gasteiger charge is -2.32. The second-order valence-electron chi connectivity index (χ2n) is 5.68. The molecule has 1 unspecified atom stereocenters. The Bertz CT molecular complexity index is 389. The summed E-state index contributed by atoms with van der Waals surface area (Å²) in [6, 6.07) is -0.650. The molecule has 2 amide bonds. The van der Waals surface area contributed by atoms with Crippen molar-refractivity contribution in [2.75, 3.05) is 20.2 Å². The largest absolute Gasteiger partial charge is 0.468 e. The summed E-state index contributed by atoms with van der Waals surface area (Å²) in [5.74, 6) is -0.760. The number of amides is 2. The Balaban J connectivity index is 2.56. The zero-order valence-electron chi connectivity index (χ0n) is 12.4. The third-order valence-corrected chi connectivity index (χ3v) is 2.77. The van der Waals surface area contributed by atoms with Gasteiger partial charge in [-0.2, -0.15) is 0 Å². The van der Waals surface area contributed by atoms with Gasteiger partial charge in [0.15, 0.2) is 0 Å². The number of nitrogens with one attached hydrogen (secondary N) is 1. The van der Waals surface area contributed by atoms with E-state index in [4.69, 9.17) is 4.74 Å². The van der Waals surface area contributed by atoms with Gasteiger partial charge < -0.3 is 19.7 Å². The van der Waals surface area contributed by atoms with Gasteiger partial charge in [0.25, 0.3) is 0 Å². The number of nitrogens with zero attached hydrogens (tertiary/aromatic N) is 1. The summed E-state index contributed by atoms with van der Waals surface area (Å²) >= 11 is 0. The molecular weight excluding hydrogens is 264 g/mol. The number of piperidine rings is 1. The predicted molar refractivity (Wildman–Crippen MR) is 71.0 cm³/mol. The first kappa shape index (κ1) is 16.3. The quantitative estimate of drug-likeness (QED) is 0.771. The van der Waals surface area contributed by atoms with E-state index < -0.39 is 23.7 Å². The number of ether oxygens (including phenoxy) is 2. The first-order valence-corrected chi connectivity index (χ1v) is 6.58. The molecule has 0 spiro atoms. The summed E-state index contributed by atoms with van der Waals surface area (Å²) in [5.41, 5.74) is -0.618. The molecule has 0 radical (unpaired) electrons. The number of esters is 1. The molecule has 1 rings (SSSR count). The van der Waals surface area contributed by atoms with Crippen molar-refractivity contribution in [3.05, 3.63) is 0 Å². The van der Waals surface area contributed by atoms with Crippen molar-refractivity contribution in [1.29, 1.82) is 0 Å². The zero-order valence-corrected chi connectivity index (χ0v) is 12.4. The molecule has 1 aliphatic rings. The molecule has 0 saturated carbocycles. The van der Waals surface area contributed by atoms with Crippen LogP contribution in [-0.4, -0.2) is 54.7 Å². The van der Waals surface area contributed by atoms with Crippen LogP contribution in [0, 0.1) is 0 Å². The fraction of sp³-hybridized carbons (Fsp3) is 0.769. The van der Waals surface area contributed by atoms with E-state index in [1.54, 1.807) is 20.8 Å². The van der Waals surface area contributed by atoms with Crippen LogP contribution in [0.3, 0.4) is 0 Å². The van der Waals surface area contributed by atoms with Crippen LogP contribution in [0.4, 0.5) is 4.79 Å². The lowest BCUT2D eigenvalue weighted by Crippen LogP contribution is -2.54. The second-order valence-corrected chi connectivity index (χ2v) is 5.68. The SMILES string of the molecule is COC(=O)CN1CCCC(NC(=O)OC(C)(C)C)C1=O. The maximum atomic E-state index is 12.1. The molecule has 0 aromatic rings. The Morgan fingerprint density at radius 1 is 1.40 bits per heavy atom. The maximum Gasteiger partial charge on any atom is 0.408 e. The van der Waals surface area contributed by atoms with Crippen LogP contribution in [0.1, 0.15) is 33.6 Å². The van der Waals surface area contributed by atoms with E-state index in [2.05, 4.69) is 10.1 Å². The highest BCUT2D eigenvalue weighted by Gasteiger charge is 2.32. The first-order chi connectivity index (χ1) is 9.23. The Hall–Kier alpha value is -1.79. The lowest BCUT2D eigenvalue weighted by atomic mass is 10.1. The van der Waals surface area contributed by atoms with E-state index in [1.165, 1.54) is 12.0 Å². The van der Waals surface area contributed by atoms with Crippen molar-refractivity contribution in [1.82, 2.24) is 10.2 Å². The minimum absolute atomic E-state index is 0.0954. The second kappa shape index (κ2) is 6.58. The normalized spacial score (nSPS) is 19.5. The summed E-state index contributed by atoms with van der Waals surface area (Å²) in [4.78, 5) is 36.4. The highest BCUT2D eigenvalue weighted by molar-refractivity contribution is 5.88. The molecule has 1 aliphatic heterocycles.